The maximum Gasteiger partial charge on any atom is 0.172 e. The highest BCUT2D eigenvalue weighted by molar-refractivity contribution is 5.92. The van der Waals surface area contributed by atoms with Crippen molar-refractivity contribution in [2.24, 2.45) is 0 Å². The fourth-order valence-corrected chi connectivity index (χ4v) is 6.15. The standard InChI is InChI=1S/C45H33F7/c1-4-5-6-7-29-22-38(47)41(39(48)23-29)44(51)45(52)42-40(49)25-34-21-28(11-19-35(34)43(42)50)10-14-33-24-37(46)36(20-27(33)3)32-17-15-31(16-18-32)30-12-8-26(2)9-13-30/h8-9,11-13,15-25H,4-7H2,1-3H3/b45-44+. The minimum Gasteiger partial charge on any atom is -0.206 e. The molecular formula is C45H33F7. The maximum absolute atomic E-state index is 15.5. The van der Waals surface area contributed by atoms with E-state index in [0.29, 0.717) is 40.7 Å². The van der Waals surface area contributed by atoms with Gasteiger partial charge in [0.1, 0.15) is 29.1 Å². The van der Waals surface area contributed by atoms with Gasteiger partial charge in [0, 0.05) is 22.1 Å². The number of unbranched alkanes of at least 4 members (excludes halogenated alkanes) is 2. The Balaban J connectivity index is 1.26. The van der Waals surface area contributed by atoms with Crippen molar-refractivity contribution in [2.75, 3.05) is 0 Å². The molecule has 0 amide bonds. The van der Waals surface area contributed by atoms with Gasteiger partial charge in [-0.2, -0.15) is 0 Å². The predicted molar refractivity (Wildman–Crippen MR) is 195 cm³/mol. The molecule has 0 nitrogen and oxygen atoms in total. The van der Waals surface area contributed by atoms with Crippen LogP contribution >= 0.6 is 0 Å². The SMILES string of the molecule is CCCCCc1cc(F)c(/C(F)=C(\F)c2c(F)cc3cc(C#Cc4cc(F)c(-c5ccc(-c6ccc(C)cc6)cc5)cc4C)ccc3c2F)c(F)c1. The molecule has 0 atom stereocenters. The molecule has 0 unspecified atom stereocenters. The van der Waals surface area contributed by atoms with E-state index in [1.807, 2.05) is 62.4 Å². The molecule has 52 heavy (non-hydrogen) atoms. The first kappa shape index (κ1) is 36.2. The quantitative estimate of drug-likeness (QED) is 0.0640. The first-order valence-electron chi connectivity index (χ1n) is 16.9. The molecule has 0 fully saturated rings. The van der Waals surface area contributed by atoms with Crippen LogP contribution in [0.5, 0.6) is 0 Å². The van der Waals surface area contributed by atoms with Crippen molar-refractivity contribution in [3.8, 4) is 34.1 Å². The highest BCUT2D eigenvalue weighted by atomic mass is 19.2. The summed E-state index contributed by atoms with van der Waals surface area (Å²) in [4.78, 5) is 0. The summed E-state index contributed by atoms with van der Waals surface area (Å²) >= 11 is 0. The zero-order chi connectivity index (χ0) is 37.1. The summed E-state index contributed by atoms with van der Waals surface area (Å²) in [6, 6.07) is 25.3. The lowest BCUT2D eigenvalue weighted by molar-refractivity contribution is 0.552. The van der Waals surface area contributed by atoms with Gasteiger partial charge in [0.05, 0.1) is 11.1 Å². The van der Waals surface area contributed by atoms with Gasteiger partial charge in [0.25, 0.3) is 0 Å². The van der Waals surface area contributed by atoms with Gasteiger partial charge in [-0.1, -0.05) is 91.8 Å². The van der Waals surface area contributed by atoms with Crippen LogP contribution in [0.15, 0.2) is 97.1 Å². The first-order chi connectivity index (χ1) is 24.9. The Kier molecular flexibility index (Phi) is 10.7. The molecule has 6 aromatic carbocycles. The molecule has 0 bridgehead atoms. The minimum atomic E-state index is -2.07. The van der Waals surface area contributed by atoms with E-state index >= 15 is 22.0 Å². The average Bonchev–Trinajstić information content (AvgIpc) is 3.12. The summed E-state index contributed by atoms with van der Waals surface area (Å²) in [5.74, 6) is -4.49. The molecule has 262 valence electrons. The van der Waals surface area contributed by atoms with Gasteiger partial charge in [-0.15, -0.1) is 0 Å². The lowest BCUT2D eigenvalue weighted by Gasteiger charge is -2.11. The summed E-state index contributed by atoms with van der Waals surface area (Å²) in [7, 11) is 0. The van der Waals surface area contributed by atoms with Gasteiger partial charge in [0.2, 0.25) is 0 Å². The van der Waals surface area contributed by atoms with Crippen molar-refractivity contribution in [3.63, 3.8) is 0 Å². The second-order valence-corrected chi connectivity index (χ2v) is 12.8. The molecule has 0 spiro atoms. The molecule has 0 aromatic heterocycles. The normalized spacial score (nSPS) is 11.7. The number of halogens is 7. The molecule has 6 aromatic rings. The molecule has 0 aliphatic rings. The lowest BCUT2D eigenvalue weighted by Crippen LogP contribution is -2.00. The van der Waals surface area contributed by atoms with Crippen LogP contribution in [0.2, 0.25) is 0 Å². The van der Waals surface area contributed by atoms with Crippen molar-refractivity contribution in [2.45, 2.75) is 46.5 Å². The molecule has 0 aliphatic heterocycles. The van der Waals surface area contributed by atoms with E-state index in [1.165, 1.54) is 24.3 Å². The number of benzene rings is 6. The minimum absolute atomic E-state index is 0.0140. The number of aryl methyl sites for hydroxylation is 3. The third-order valence-electron chi connectivity index (χ3n) is 9.07. The molecule has 0 radical (unpaired) electrons. The van der Waals surface area contributed by atoms with Gasteiger partial charge in [0.15, 0.2) is 11.7 Å². The van der Waals surface area contributed by atoms with Crippen molar-refractivity contribution < 1.29 is 30.7 Å². The van der Waals surface area contributed by atoms with Crippen LogP contribution in [-0.2, 0) is 6.42 Å². The van der Waals surface area contributed by atoms with Crippen molar-refractivity contribution >= 4 is 22.4 Å². The highest BCUT2D eigenvalue weighted by Gasteiger charge is 2.26. The Morgan fingerprint density at radius 2 is 1.17 bits per heavy atom. The summed E-state index contributed by atoms with van der Waals surface area (Å²) < 4.78 is 106. The van der Waals surface area contributed by atoms with Crippen LogP contribution in [0.4, 0.5) is 30.7 Å². The Hall–Kier alpha value is -5.61. The van der Waals surface area contributed by atoms with Gasteiger partial charge >= 0.3 is 0 Å². The zero-order valence-electron chi connectivity index (χ0n) is 28.7. The third kappa shape index (κ3) is 7.52. The van der Waals surface area contributed by atoms with Crippen molar-refractivity contribution in [1.82, 2.24) is 0 Å². The molecule has 7 heteroatoms. The van der Waals surface area contributed by atoms with E-state index in [2.05, 4.69) is 11.8 Å². The topological polar surface area (TPSA) is 0 Å². The van der Waals surface area contributed by atoms with Crippen LogP contribution in [0, 0.1) is 54.8 Å². The zero-order valence-corrected chi connectivity index (χ0v) is 28.7. The fourth-order valence-electron chi connectivity index (χ4n) is 6.15. The number of hydrogen-bond acceptors (Lipinski definition) is 0. The average molecular weight is 707 g/mol. The van der Waals surface area contributed by atoms with Gasteiger partial charge in [-0.05, 0) is 102 Å². The summed E-state index contributed by atoms with van der Waals surface area (Å²) in [6.07, 6.45) is 2.69. The second-order valence-electron chi connectivity index (χ2n) is 12.8. The second kappa shape index (κ2) is 15.3. The third-order valence-corrected chi connectivity index (χ3v) is 9.07. The summed E-state index contributed by atoms with van der Waals surface area (Å²) in [5, 5.41) is -0.281. The van der Waals surface area contributed by atoms with E-state index < -0.39 is 51.9 Å². The van der Waals surface area contributed by atoms with Gasteiger partial charge in [-0.3, -0.25) is 0 Å². The van der Waals surface area contributed by atoms with E-state index in [4.69, 9.17) is 0 Å². The fraction of sp³-hybridized carbons (Fsp3) is 0.156. The molecule has 0 heterocycles. The van der Waals surface area contributed by atoms with E-state index in [1.54, 1.807) is 13.0 Å². The Morgan fingerprint density at radius 3 is 1.83 bits per heavy atom. The molecule has 6 rings (SSSR count). The predicted octanol–water partition coefficient (Wildman–Crippen LogP) is 13.4. The van der Waals surface area contributed by atoms with Crippen LogP contribution in [-0.4, -0.2) is 0 Å². The molecular weight excluding hydrogens is 673 g/mol. The monoisotopic (exact) mass is 706 g/mol. The summed E-state index contributed by atoms with van der Waals surface area (Å²) in [5.41, 5.74) is 3.30. The van der Waals surface area contributed by atoms with Gasteiger partial charge in [-0.25, -0.2) is 30.7 Å². The maximum atomic E-state index is 15.5. The molecule has 0 aliphatic carbocycles. The van der Waals surface area contributed by atoms with Crippen LogP contribution in [0.25, 0.3) is 44.7 Å². The van der Waals surface area contributed by atoms with E-state index in [-0.39, 0.29) is 16.3 Å². The highest BCUT2D eigenvalue weighted by Crippen LogP contribution is 2.37. The Labute approximate surface area is 298 Å². The molecule has 0 saturated carbocycles. The van der Waals surface area contributed by atoms with Crippen LogP contribution in [0.1, 0.15) is 65.1 Å². The number of rotatable bonds is 8. The molecule has 0 saturated heterocycles. The van der Waals surface area contributed by atoms with E-state index in [0.717, 1.165) is 47.7 Å². The summed E-state index contributed by atoms with van der Waals surface area (Å²) in [6.45, 7) is 5.77. The van der Waals surface area contributed by atoms with Crippen LogP contribution < -0.4 is 0 Å². The Morgan fingerprint density at radius 1 is 0.577 bits per heavy atom. The molecule has 0 N–H and O–H groups in total. The van der Waals surface area contributed by atoms with E-state index in [9.17, 15) is 8.78 Å². The van der Waals surface area contributed by atoms with Crippen molar-refractivity contribution in [3.05, 3.63) is 165 Å². The van der Waals surface area contributed by atoms with Crippen molar-refractivity contribution in [1.29, 1.82) is 0 Å². The lowest BCUT2D eigenvalue weighted by atomic mass is 9.96. The smallest absolute Gasteiger partial charge is 0.172 e. The number of fused-ring (bicyclic) bond motifs is 1. The van der Waals surface area contributed by atoms with Crippen LogP contribution in [0.3, 0.4) is 0 Å². The number of hydrogen-bond donors (Lipinski definition) is 0. The van der Waals surface area contributed by atoms with Gasteiger partial charge < -0.3 is 0 Å². The Bertz CT molecular complexity index is 2370. The largest absolute Gasteiger partial charge is 0.206 e. The first-order valence-corrected chi connectivity index (χ1v) is 16.9.